The third-order valence-corrected chi connectivity index (χ3v) is 5.46. The Kier molecular flexibility index (Phi) is 2.93. The Morgan fingerprint density at radius 1 is 0.875 bits per heavy atom. The maximum absolute atomic E-state index is 9.94. The maximum atomic E-state index is 9.94. The van der Waals surface area contributed by atoms with Crippen molar-refractivity contribution < 1.29 is 9.52 Å². The first-order valence-corrected chi connectivity index (χ1v) is 8.50. The molecule has 1 N–H and O–H groups in total. The smallest absolute Gasteiger partial charge is 0.285 e. The lowest BCUT2D eigenvalue weighted by Gasteiger charge is -2.25. The van der Waals surface area contributed by atoms with Crippen LogP contribution in [0, 0.1) is 0 Å². The van der Waals surface area contributed by atoms with Crippen LogP contribution in [0.2, 0.25) is 0 Å². The van der Waals surface area contributed by atoms with Crippen molar-refractivity contribution in [1.82, 2.24) is 0 Å². The molecule has 1 aromatic heterocycles. The van der Waals surface area contributed by atoms with Gasteiger partial charge in [-0.1, -0.05) is 48.5 Å². The second-order valence-electron chi connectivity index (χ2n) is 6.71. The largest absolute Gasteiger partial charge is 0.481 e. The normalized spacial score (nSPS) is 17.2. The topological polar surface area (TPSA) is 33.4 Å². The zero-order valence-corrected chi connectivity index (χ0v) is 13.3. The van der Waals surface area contributed by atoms with Gasteiger partial charge in [-0.3, -0.25) is 0 Å². The first-order chi connectivity index (χ1) is 11.8. The van der Waals surface area contributed by atoms with Crippen molar-refractivity contribution in [3.05, 3.63) is 77.6 Å². The van der Waals surface area contributed by atoms with Crippen LogP contribution in [-0.4, -0.2) is 5.11 Å². The number of rotatable bonds is 1. The molecule has 5 rings (SSSR count). The van der Waals surface area contributed by atoms with E-state index in [0.717, 1.165) is 24.8 Å². The van der Waals surface area contributed by atoms with E-state index in [4.69, 9.17) is 4.42 Å². The zero-order valence-electron chi connectivity index (χ0n) is 13.3. The van der Waals surface area contributed by atoms with E-state index in [1.54, 1.807) is 6.26 Å². The van der Waals surface area contributed by atoms with Crippen molar-refractivity contribution in [2.75, 3.05) is 0 Å². The van der Waals surface area contributed by atoms with Crippen molar-refractivity contribution in [1.29, 1.82) is 0 Å². The lowest BCUT2D eigenvalue weighted by Crippen LogP contribution is -2.12. The van der Waals surface area contributed by atoms with Gasteiger partial charge in [0.15, 0.2) is 0 Å². The Balaban J connectivity index is 1.70. The summed E-state index contributed by atoms with van der Waals surface area (Å²) >= 11 is 0. The van der Waals surface area contributed by atoms with E-state index in [1.165, 1.54) is 32.7 Å². The highest BCUT2D eigenvalue weighted by Crippen LogP contribution is 2.40. The van der Waals surface area contributed by atoms with Gasteiger partial charge in [0, 0.05) is 5.56 Å². The van der Waals surface area contributed by atoms with Crippen molar-refractivity contribution in [3.63, 3.8) is 0 Å². The highest BCUT2D eigenvalue weighted by Gasteiger charge is 2.25. The molecule has 0 unspecified atom stereocenters. The third kappa shape index (κ3) is 1.96. The summed E-state index contributed by atoms with van der Waals surface area (Å²) < 4.78 is 5.11. The second kappa shape index (κ2) is 5.13. The van der Waals surface area contributed by atoms with E-state index < -0.39 is 0 Å². The second-order valence-corrected chi connectivity index (χ2v) is 6.71. The van der Waals surface area contributed by atoms with E-state index in [9.17, 15) is 5.11 Å². The van der Waals surface area contributed by atoms with Crippen LogP contribution >= 0.6 is 0 Å². The Hall–Kier alpha value is -2.74. The number of hydrogen-bond acceptors (Lipinski definition) is 2. The third-order valence-electron chi connectivity index (χ3n) is 5.46. The van der Waals surface area contributed by atoms with Gasteiger partial charge in [0.25, 0.3) is 5.95 Å². The van der Waals surface area contributed by atoms with E-state index in [1.807, 2.05) is 6.07 Å². The first kappa shape index (κ1) is 13.7. The molecule has 0 saturated carbocycles. The summed E-state index contributed by atoms with van der Waals surface area (Å²) in [6.07, 6.45) is 4.64. The lowest BCUT2D eigenvalue weighted by molar-refractivity contribution is 0.323. The summed E-state index contributed by atoms with van der Waals surface area (Å²) in [6.45, 7) is 0. The summed E-state index contributed by atoms with van der Waals surface area (Å²) in [6, 6.07) is 19.5. The summed E-state index contributed by atoms with van der Waals surface area (Å²) in [5.41, 5.74) is 3.81. The molecule has 1 heterocycles. The van der Waals surface area contributed by atoms with Gasteiger partial charge in [0.1, 0.15) is 0 Å². The minimum absolute atomic E-state index is 0.0779. The monoisotopic (exact) mass is 314 g/mol. The molecular formula is C22H18O2. The van der Waals surface area contributed by atoms with Crippen LogP contribution in [0.5, 0.6) is 5.95 Å². The van der Waals surface area contributed by atoms with Gasteiger partial charge in [-0.15, -0.1) is 0 Å². The van der Waals surface area contributed by atoms with Gasteiger partial charge in [-0.2, -0.15) is 0 Å². The Morgan fingerprint density at radius 2 is 1.75 bits per heavy atom. The molecule has 4 aromatic rings. The summed E-state index contributed by atoms with van der Waals surface area (Å²) in [5, 5.41) is 15.2. The Labute approximate surface area is 140 Å². The standard InChI is InChI=1S/C22H18O2/c23-22-18(11-12-24-22)16-6-5-15-8-9-19-17-4-2-1-3-14(17)7-10-20(19)21(15)13-16/h1-4,7-12,16,23H,5-6,13H2/t16-/m0/s1. The molecule has 1 aliphatic carbocycles. The molecule has 118 valence electrons. The van der Waals surface area contributed by atoms with Crippen LogP contribution in [-0.2, 0) is 12.8 Å². The zero-order chi connectivity index (χ0) is 16.1. The fraction of sp³-hybridized carbons (Fsp3) is 0.182. The number of aromatic hydroxyl groups is 1. The number of fused-ring (bicyclic) bond motifs is 5. The number of furan rings is 1. The van der Waals surface area contributed by atoms with Crippen LogP contribution in [0.3, 0.4) is 0 Å². The molecule has 0 fully saturated rings. The first-order valence-electron chi connectivity index (χ1n) is 8.50. The van der Waals surface area contributed by atoms with Gasteiger partial charge < -0.3 is 9.52 Å². The SMILES string of the molecule is Oc1occc1[C@H]1CCc2ccc3c(ccc4ccccc43)c2C1. The summed E-state index contributed by atoms with van der Waals surface area (Å²) in [4.78, 5) is 0. The lowest BCUT2D eigenvalue weighted by atomic mass is 9.78. The molecule has 0 bridgehead atoms. The number of aryl methyl sites for hydroxylation is 1. The van der Waals surface area contributed by atoms with E-state index in [-0.39, 0.29) is 5.95 Å². The van der Waals surface area contributed by atoms with Crippen LogP contribution < -0.4 is 0 Å². The van der Waals surface area contributed by atoms with Crippen molar-refractivity contribution >= 4 is 21.5 Å². The van der Waals surface area contributed by atoms with Crippen molar-refractivity contribution in [2.24, 2.45) is 0 Å². The average molecular weight is 314 g/mol. The molecule has 0 saturated heterocycles. The number of benzene rings is 3. The Morgan fingerprint density at radius 3 is 2.62 bits per heavy atom. The predicted molar refractivity (Wildman–Crippen MR) is 96.6 cm³/mol. The molecule has 0 aliphatic heterocycles. The fourth-order valence-corrected chi connectivity index (χ4v) is 4.24. The Bertz CT molecular complexity index is 1060. The molecule has 2 nitrogen and oxygen atoms in total. The predicted octanol–water partition coefficient (Wildman–Crippen LogP) is 5.56. The van der Waals surface area contributed by atoms with Crippen LogP contribution in [0.25, 0.3) is 21.5 Å². The van der Waals surface area contributed by atoms with E-state index in [0.29, 0.717) is 5.92 Å². The molecule has 24 heavy (non-hydrogen) atoms. The molecule has 0 radical (unpaired) electrons. The van der Waals surface area contributed by atoms with Gasteiger partial charge in [0.05, 0.1) is 6.26 Å². The molecule has 3 aromatic carbocycles. The summed E-state index contributed by atoms with van der Waals surface area (Å²) in [7, 11) is 0. The molecular weight excluding hydrogens is 296 g/mol. The molecule has 0 amide bonds. The van der Waals surface area contributed by atoms with Gasteiger partial charge in [-0.05, 0) is 63.9 Å². The minimum Gasteiger partial charge on any atom is -0.481 e. The van der Waals surface area contributed by atoms with Gasteiger partial charge in [-0.25, -0.2) is 0 Å². The van der Waals surface area contributed by atoms with Crippen LogP contribution in [0.15, 0.2) is 65.3 Å². The minimum atomic E-state index is 0.0779. The molecule has 1 aliphatic rings. The van der Waals surface area contributed by atoms with Crippen LogP contribution in [0.1, 0.15) is 29.0 Å². The van der Waals surface area contributed by atoms with E-state index in [2.05, 4.69) is 48.5 Å². The molecule has 0 spiro atoms. The van der Waals surface area contributed by atoms with E-state index >= 15 is 0 Å². The maximum Gasteiger partial charge on any atom is 0.285 e. The van der Waals surface area contributed by atoms with Crippen molar-refractivity contribution in [3.8, 4) is 5.95 Å². The highest BCUT2D eigenvalue weighted by atomic mass is 16.5. The summed E-state index contributed by atoms with van der Waals surface area (Å²) in [5.74, 6) is 0.405. The van der Waals surface area contributed by atoms with Crippen LogP contribution in [0.4, 0.5) is 0 Å². The molecule has 2 heteroatoms. The van der Waals surface area contributed by atoms with Gasteiger partial charge >= 0.3 is 0 Å². The molecule has 1 atom stereocenters. The number of hydrogen-bond donors (Lipinski definition) is 1. The highest BCUT2D eigenvalue weighted by molar-refractivity contribution is 6.08. The van der Waals surface area contributed by atoms with Crippen molar-refractivity contribution in [2.45, 2.75) is 25.2 Å². The average Bonchev–Trinajstić information content (AvgIpc) is 3.06. The quantitative estimate of drug-likeness (QED) is 0.466. The van der Waals surface area contributed by atoms with Gasteiger partial charge in [0.2, 0.25) is 0 Å². The fourth-order valence-electron chi connectivity index (χ4n) is 4.24.